The van der Waals surface area contributed by atoms with Crippen molar-refractivity contribution in [3.05, 3.63) is 11.6 Å². The van der Waals surface area contributed by atoms with Crippen LogP contribution in [0.4, 0.5) is 0 Å². The first-order chi connectivity index (χ1) is 8.11. The monoisotopic (exact) mass is 234 g/mol. The summed E-state index contributed by atoms with van der Waals surface area (Å²) < 4.78 is 0. The summed E-state index contributed by atoms with van der Waals surface area (Å²) in [7, 11) is 0. The lowest BCUT2D eigenvalue weighted by atomic mass is 9.39. The van der Waals surface area contributed by atoms with Crippen LogP contribution in [0.15, 0.2) is 0 Å². The average molecular weight is 234 g/mol. The molecule has 2 N–H and O–H groups in total. The Labute approximate surface area is 100 Å². The summed E-state index contributed by atoms with van der Waals surface area (Å²) in [6, 6.07) is 0. The Morgan fingerprint density at radius 1 is 1.41 bits per heavy atom. The summed E-state index contributed by atoms with van der Waals surface area (Å²) in [5.74, 6) is 2.06. The second kappa shape index (κ2) is 3.31. The number of carbonyl (C=O) groups is 1. The zero-order valence-corrected chi connectivity index (χ0v) is 10.3. The first-order valence-corrected chi connectivity index (χ1v) is 6.34. The van der Waals surface area contributed by atoms with Crippen molar-refractivity contribution >= 4 is 5.91 Å². The van der Waals surface area contributed by atoms with Gasteiger partial charge in [0.05, 0.1) is 0 Å². The van der Waals surface area contributed by atoms with Crippen molar-refractivity contribution in [3.8, 4) is 0 Å². The Kier molecular flexibility index (Phi) is 2.09. The predicted molar refractivity (Wildman–Crippen MR) is 62.5 cm³/mol. The van der Waals surface area contributed by atoms with E-state index in [2.05, 4.69) is 27.4 Å². The number of aryl methyl sites for hydroxylation is 1. The molecule has 0 spiro atoms. The summed E-state index contributed by atoms with van der Waals surface area (Å²) in [6.45, 7) is 3.95. The van der Waals surface area contributed by atoms with Gasteiger partial charge in [0.25, 0.3) is 0 Å². The molecular formula is C12H18N4O. The minimum atomic E-state index is 0.0695. The van der Waals surface area contributed by atoms with Crippen LogP contribution in [0.3, 0.4) is 0 Å². The Balaban J connectivity index is 1.66. The number of amides is 1. The van der Waals surface area contributed by atoms with Crippen LogP contribution in [0.25, 0.3) is 0 Å². The van der Waals surface area contributed by atoms with Gasteiger partial charge in [0.15, 0.2) is 5.82 Å². The van der Waals surface area contributed by atoms with Gasteiger partial charge in [-0.1, -0.05) is 13.8 Å². The number of hydrogen-bond donors (Lipinski definition) is 2. The number of aromatic nitrogens is 3. The van der Waals surface area contributed by atoms with Crippen molar-refractivity contribution in [2.24, 2.45) is 0 Å². The van der Waals surface area contributed by atoms with Gasteiger partial charge in [-0.2, -0.15) is 5.10 Å². The molecule has 3 fully saturated rings. The first-order valence-electron chi connectivity index (χ1n) is 6.34. The van der Waals surface area contributed by atoms with Crippen LogP contribution in [-0.2, 0) is 16.6 Å². The standard InChI is InChI=1S/C12H18N4O/c1-3-8-13-10(16-15-8)11-5-12(6-11,7-11)14-9(17)4-2/h3-7H2,1-2H3,(H,14,17)(H,13,15,16). The van der Waals surface area contributed by atoms with Gasteiger partial charge in [-0.3, -0.25) is 9.89 Å². The number of nitrogens with zero attached hydrogens (tertiary/aromatic N) is 2. The number of rotatable bonds is 4. The van der Waals surface area contributed by atoms with Gasteiger partial charge in [0.2, 0.25) is 5.91 Å². The van der Waals surface area contributed by atoms with Crippen molar-refractivity contribution in [1.29, 1.82) is 0 Å². The molecule has 5 nitrogen and oxygen atoms in total. The molecule has 4 rings (SSSR count). The van der Waals surface area contributed by atoms with Crippen LogP contribution in [0.2, 0.25) is 0 Å². The summed E-state index contributed by atoms with van der Waals surface area (Å²) in [5, 5.41) is 10.4. The molecule has 1 aromatic rings. The average Bonchev–Trinajstić information content (AvgIpc) is 2.69. The van der Waals surface area contributed by atoms with E-state index >= 15 is 0 Å². The molecule has 2 bridgehead atoms. The van der Waals surface area contributed by atoms with Crippen LogP contribution >= 0.6 is 0 Å². The molecule has 5 heteroatoms. The van der Waals surface area contributed by atoms with Crippen LogP contribution in [0.5, 0.6) is 0 Å². The van der Waals surface area contributed by atoms with Crippen molar-refractivity contribution in [3.63, 3.8) is 0 Å². The zero-order chi connectivity index (χ0) is 12.1. The third-order valence-electron chi connectivity index (χ3n) is 4.10. The maximum Gasteiger partial charge on any atom is 0.220 e. The number of aromatic amines is 1. The molecule has 3 saturated carbocycles. The smallest absolute Gasteiger partial charge is 0.220 e. The quantitative estimate of drug-likeness (QED) is 0.818. The third-order valence-corrected chi connectivity index (χ3v) is 4.10. The van der Waals surface area contributed by atoms with E-state index in [0.717, 1.165) is 37.3 Å². The highest BCUT2D eigenvalue weighted by Crippen LogP contribution is 2.67. The Hall–Kier alpha value is -1.39. The fraction of sp³-hybridized carbons (Fsp3) is 0.750. The van der Waals surface area contributed by atoms with Gasteiger partial charge in [-0.25, -0.2) is 4.98 Å². The van der Waals surface area contributed by atoms with Crippen molar-refractivity contribution < 1.29 is 4.79 Å². The topological polar surface area (TPSA) is 70.7 Å². The molecule has 0 aromatic carbocycles. The van der Waals surface area contributed by atoms with Crippen molar-refractivity contribution in [2.45, 2.75) is 56.9 Å². The molecule has 1 heterocycles. The molecule has 3 aliphatic rings. The van der Waals surface area contributed by atoms with E-state index in [0.29, 0.717) is 6.42 Å². The lowest BCUT2D eigenvalue weighted by Gasteiger charge is -2.69. The van der Waals surface area contributed by atoms with E-state index in [1.165, 1.54) is 0 Å². The maximum atomic E-state index is 11.4. The van der Waals surface area contributed by atoms with Crippen LogP contribution < -0.4 is 5.32 Å². The molecule has 17 heavy (non-hydrogen) atoms. The van der Waals surface area contributed by atoms with E-state index in [1.807, 2.05) is 6.92 Å². The minimum absolute atomic E-state index is 0.0695. The molecule has 0 unspecified atom stereocenters. The fourth-order valence-electron chi connectivity index (χ4n) is 3.23. The van der Waals surface area contributed by atoms with Gasteiger partial charge >= 0.3 is 0 Å². The first kappa shape index (κ1) is 10.7. The van der Waals surface area contributed by atoms with Gasteiger partial charge < -0.3 is 5.32 Å². The third kappa shape index (κ3) is 1.41. The van der Waals surface area contributed by atoms with Gasteiger partial charge in [-0.15, -0.1) is 0 Å². The van der Waals surface area contributed by atoms with Gasteiger partial charge in [0.1, 0.15) is 5.82 Å². The lowest BCUT2D eigenvalue weighted by molar-refractivity contribution is -0.138. The molecule has 3 aliphatic carbocycles. The molecule has 0 aliphatic heterocycles. The van der Waals surface area contributed by atoms with E-state index in [-0.39, 0.29) is 16.9 Å². The number of carbonyl (C=O) groups excluding carboxylic acids is 1. The van der Waals surface area contributed by atoms with Crippen LogP contribution in [0.1, 0.15) is 51.2 Å². The largest absolute Gasteiger partial charge is 0.351 e. The summed E-state index contributed by atoms with van der Waals surface area (Å²) in [5.41, 5.74) is 0.227. The molecule has 1 aromatic heterocycles. The highest BCUT2D eigenvalue weighted by atomic mass is 16.1. The van der Waals surface area contributed by atoms with Gasteiger partial charge in [0, 0.05) is 23.8 Å². The minimum Gasteiger partial charge on any atom is -0.351 e. The molecule has 1 amide bonds. The number of nitrogens with one attached hydrogen (secondary N) is 2. The van der Waals surface area contributed by atoms with E-state index in [1.54, 1.807) is 0 Å². The van der Waals surface area contributed by atoms with Crippen LogP contribution in [0, 0.1) is 0 Å². The number of hydrogen-bond acceptors (Lipinski definition) is 3. The molecule has 0 atom stereocenters. The van der Waals surface area contributed by atoms with Gasteiger partial charge in [-0.05, 0) is 19.3 Å². The second-order valence-electron chi connectivity index (χ2n) is 5.45. The predicted octanol–water partition coefficient (Wildman–Crippen LogP) is 1.07. The molecular weight excluding hydrogens is 216 g/mol. The van der Waals surface area contributed by atoms with Crippen LogP contribution in [-0.4, -0.2) is 26.6 Å². The highest BCUT2D eigenvalue weighted by molar-refractivity contribution is 5.77. The molecule has 0 radical (unpaired) electrons. The summed E-state index contributed by atoms with van der Waals surface area (Å²) in [6.07, 6.45) is 4.47. The van der Waals surface area contributed by atoms with E-state index < -0.39 is 0 Å². The Morgan fingerprint density at radius 2 is 2.12 bits per heavy atom. The molecule has 0 saturated heterocycles. The van der Waals surface area contributed by atoms with E-state index in [9.17, 15) is 4.79 Å². The van der Waals surface area contributed by atoms with Crippen molar-refractivity contribution in [2.75, 3.05) is 0 Å². The van der Waals surface area contributed by atoms with Crippen molar-refractivity contribution in [1.82, 2.24) is 20.5 Å². The summed E-state index contributed by atoms with van der Waals surface area (Å²) in [4.78, 5) is 15.9. The number of H-pyrrole nitrogens is 1. The highest BCUT2D eigenvalue weighted by Gasteiger charge is 2.70. The Morgan fingerprint density at radius 3 is 2.65 bits per heavy atom. The zero-order valence-electron chi connectivity index (χ0n) is 10.3. The maximum absolute atomic E-state index is 11.4. The summed E-state index contributed by atoms with van der Waals surface area (Å²) >= 11 is 0. The Bertz CT molecular complexity index is 445. The SMILES string of the molecule is CCC(=O)NC12CC(c3n[nH]c(CC)n3)(C1)C2. The second-order valence-corrected chi connectivity index (χ2v) is 5.45. The normalized spacial score (nSPS) is 33.8. The van der Waals surface area contributed by atoms with E-state index in [4.69, 9.17) is 0 Å². The fourth-order valence-corrected chi connectivity index (χ4v) is 3.23. The lowest BCUT2D eigenvalue weighted by Crippen LogP contribution is -2.77. The molecule has 92 valence electrons.